The predicted molar refractivity (Wildman–Crippen MR) is 149 cm³/mol. The number of rotatable bonds is 8. The van der Waals surface area contributed by atoms with Gasteiger partial charge >= 0.3 is 0 Å². The molecule has 2 fully saturated rings. The lowest BCUT2D eigenvalue weighted by molar-refractivity contribution is 0.0976. The first-order valence-electron chi connectivity index (χ1n) is 13.9. The van der Waals surface area contributed by atoms with E-state index in [2.05, 4.69) is 10.2 Å². The number of fused-ring (bicyclic) bond motifs is 3. The fourth-order valence-corrected chi connectivity index (χ4v) is 6.83. The largest absolute Gasteiger partial charge is 0.310 e. The average Bonchev–Trinajstić information content (AvgIpc) is 3.50. The molecule has 2 saturated heterocycles. The number of nitrogens with one attached hydrogen (secondary N) is 1. The first-order chi connectivity index (χ1) is 18.5. The van der Waals surface area contributed by atoms with E-state index < -0.39 is 6.17 Å². The molecular weight excluding hydrogens is 502 g/mol. The first kappa shape index (κ1) is 25.6. The molecule has 2 aliphatic heterocycles. The summed E-state index contributed by atoms with van der Waals surface area (Å²) in [4.78, 5) is 20.6. The van der Waals surface area contributed by atoms with Crippen molar-refractivity contribution in [2.75, 3.05) is 26.2 Å². The maximum atomic E-state index is 15.1. The number of hydrogen-bond donors (Lipinski definition) is 1. The van der Waals surface area contributed by atoms with E-state index in [1.54, 1.807) is 6.07 Å². The number of carbonyl (C=O) groups is 1. The number of carbonyl (C=O) groups excluding carboxylic acids is 1. The van der Waals surface area contributed by atoms with Crippen LogP contribution in [0.5, 0.6) is 0 Å². The first-order valence-corrected chi connectivity index (χ1v) is 14.7. The summed E-state index contributed by atoms with van der Waals surface area (Å²) in [6.07, 6.45) is 8.19. The van der Waals surface area contributed by atoms with Crippen molar-refractivity contribution in [3.8, 4) is 11.3 Å². The maximum absolute atomic E-state index is 15.1. The van der Waals surface area contributed by atoms with E-state index in [0.717, 1.165) is 71.7 Å². The molecule has 2 aromatic heterocycles. The summed E-state index contributed by atoms with van der Waals surface area (Å²) in [5.41, 5.74) is 3.82. The number of alkyl halides is 1. The minimum Gasteiger partial charge on any atom is -0.310 e. The van der Waals surface area contributed by atoms with Crippen molar-refractivity contribution in [1.29, 1.82) is 0 Å². The quantitative estimate of drug-likeness (QED) is 0.195. The second-order valence-electron chi connectivity index (χ2n) is 10.7. The third-order valence-electron chi connectivity index (χ3n) is 8.04. The summed E-state index contributed by atoms with van der Waals surface area (Å²) in [7, 11) is 0. The molecule has 2 aromatic carbocycles. The van der Waals surface area contributed by atoms with Crippen LogP contribution in [0.2, 0.25) is 0 Å². The van der Waals surface area contributed by atoms with Gasteiger partial charge < -0.3 is 10.2 Å². The SMILES string of the molecule is O=C(CCCCN1CCC(F)CC1)c1ccc2c(c1)sc1nc(-c3ccc([C@@H]4CCCCN4)cc3F)cn12. The molecule has 4 aromatic rings. The zero-order chi connectivity index (χ0) is 26.1. The number of aromatic nitrogens is 2. The summed E-state index contributed by atoms with van der Waals surface area (Å²) in [6, 6.07) is 11.5. The second-order valence-corrected chi connectivity index (χ2v) is 11.7. The van der Waals surface area contributed by atoms with Crippen LogP contribution in [-0.2, 0) is 0 Å². The Kier molecular flexibility index (Phi) is 7.54. The number of likely N-dealkylation sites (tertiary alicyclic amines) is 1. The number of piperidine rings is 2. The highest BCUT2D eigenvalue weighted by Gasteiger charge is 2.20. The molecule has 4 heterocycles. The van der Waals surface area contributed by atoms with Gasteiger partial charge in [0, 0.05) is 42.9 Å². The van der Waals surface area contributed by atoms with E-state index in [4.69, 9.17) is 4.98 Å². The Morgan fingerprint density at radius 2 is 1.95 bits per heavy atom. The third-order valence-corrected chi connectivity index (χ3v) is 9.06. The molecule has 5 nitrogen and oxygen atoms in total. The summed E-state index contributed by atoms with van der Waals surface area (Å²) < 4.78 is 31.4. The van der Waals surface area contributed by atoms with Gasteiger partial charge in [-0.25, -0.2) is 13.8 Å². The number of thiazole rings is 1. The van der Waals surface area contributed by atoms with Crippen LogP contribution in [0.4, 0.5) is 8.78 Å². The molecule has 200 valence electrons. The van der Waals surface area contributed by atoms with Crippen LogP contribution in [0.25, 0.3) is 26.4 Å². The fourth-order valence-electron chi connectivity index (χ4n) is 5.79. The number of halogens is 2. The van der Waals surface area contributed by atoms with E-state index in [1.807, 2.05) is 40.9 Å². The summed E-state index contributed by atoms with van der Waals surface area (Å²) >= 11 is 1.52. The number of imidazole rings is 1. The molecule has 0 unspecified atom stereocenters. The van der Waals surface area contributed by atoms with Crippen molar-refractivity contribution >= 4 is 32.3 Å². The van der Waals surface area contributed by atoms with Crippen LogP contribution >= 0.6 is 11.3 Å². The van der Waals surface area contributed by atoms with E-state index in [1.165, 1.54) is 24.2 Å². The van der Waals surface area contributed by atoms with Crippen LogP contribution in [0.15, 0.2) is 42.6 Å². The number of nitrogens with zero attached hydrogens (tertiary/aromatic N) is 3. The monoisotopic (exact) mass is 536 g/mol. The van der Waals surface area contributed by atoms with Crippen molar-refractivity contribution < 1.29 is 13.6 Å². The highest BCUT2D eigenvalue weighted by molar-refractivity contribution is 7.23. The molecule has 38 heavy (non-hydrogen) atoms. The van der Waals surface area contributed by atoms with E-state index in [9.17, 15) is 9.18 Å². The molecule has 8 heteroatoms. The van der Waals surface area contributed by atoms with Gasteiger partial charge in [-0.3, -0.25) is 9.20 Å². The van der Waals surface area contributed by atoms with E-state index >= 15 is 4.39 Å². The lowest BCUT2D eigenvalue weighted by Crippen LogP contribution is -2.35. The van der Waals surface area contributed by atoms with Crippen molar-refractivity contribution in [2.24, 2.45) is 0 Å². The standard InChI is InChI=1S/C30H34F2N4OS/c31-22-11-15-35(16-12-22)14-4-2-6-28(37)21-8-10-27-29(18-21)38-30-34-26(19-36(27)30)23-9-7-20(17-24(23)32)25-5-1-3-13-33-25/h7-10,17-19,22,25,33H,1-6,11-16H2/t25-/m0/s1. The molecule has 0 saturated carbocycles. The average molecular weight is 537 g/mol. The lowest BCUT2D eigenvalue weighted by atomic mass is 9.96. The number of hydrogen-bond acceptors (Lipinski definition) is 5. The molecule has 1 atom stereocenters. The van der Waals surface area contributed by atoms with Gasteiger partial charge in [0.1, 0.15) is 12.0 Å². The molecule has 0 aliphatic carbocycles. The zero-order valence-corrected chi connectivity index (χ0v) is 22.4. The Morgan fingerprint density at radius 3 is 2.74 bits per heavy atom. The lowest BCUT2D eigenvalue weighted by Gasteiger charge is -2.28. The Hall–Kier alpha value is -2.68. The van der Waals surface area contributed by atoms with Gasteiger partial charge in [-0.1, -0.05) is 23.8 Å². The zero-order valence-electron chi connectivity index (χ0n) is 21.6. The van der Waals surface area contributed by atoms with Crippen molar-refractivity contribution in [3.05, 3.63) is 59.5 Å². The summed E-state index contributed by atoms with van der Waals surface area (Å²) in [5.74, 6) is -0.0968. The van der Waals surface area contributed by atoms with Crippen LogP contribution in [0, 0.1) is 5.82 Å². The highest BCUT2D eigenvalue weighted by atomic mass is 32.1. The Bertz CT molecular complexity index is 1430. The van der Waals surface area contributed by atoms with Crippen LogP contribution in [0.3, 0.4) is 0 Å². The minimum absolute atomic E-state index is 0.149. The molecule has 0 radical (unpaired) electrons. The number of benzene rings is 2. The Labute approximate surface area is 225 Å². The summed E-state index contributed by atoms with van der Waals surface area (Å²) in [6.45, 7) is 3.56. The number of Topliss-reactive ketones (excluding diaryl/α,β-unsaturated/α-hetero) is 1. The van der Waals surface area contributed by atoms with Gasteiger partial charge in [-0.05, 0) is 87.5 Å². The topological polar surface area (TPSA) is 49.6 Å². The molecule has 6 rings (SSSR count). The number of ketones is 1. The third kappa shape index (κ3) is 5.40. The minimum atomic E-state index is -0.647. The number of unbranched alkanes of at least 4 members (excludes halogenated alkanes) is 1. The van der Waals surface area contributed by atoms with E-state index in [0.29, 0.717) is 30.5 Å². The molecule has 2 aliphatic rings. The maximum Gasteiger partial charge on any atom is 0.195 e. The van der Waals surface area contributed by atoms with Crippen LogP contribution in [0.1, 0.15) is 73.3 Å². The predicted octanol–water partition coefficient (Wildman–Crippen LogP) is 6.96. The molecular formula is C30H34F2N4OS. The van der Waals surface area contributed by atoms with Gasteiger partial charge in [-0.15, -0.1) is 0 Å². The van der Waals surface area contributed by atoms with Gasteiger partial charge in [0.2, 0.25) is 0 Å². The highest BCUT2D eigenvalue weighted by Crippen LogP contribution is 2.33. The van der Waals surface area contributed by atoms with Crippen LogP contribution in [-0.4, -0.2) is 52.4 Å². The molecule has 0 spiro atoms. The van der Waals surface area contributed by atoms with E-state index in [-0.39, 0.29) is 17.6 Å². The summed E-state index contributed by atoms with van der Waals surface area (Å²) in [5, 5.41) is 3.48. The molecule has 0 bridgehead atoms. The van der Waals surface area contributed by atoms with Crippen molar-refractivity contribution in [3.63, 3.8) is 0 Å². The van der Waals surface area contributed by atoms with Crippen LogP contribution < -0.4 is 5.32 Å². The smallest absolute Gasteiger partial charge is 0.195 e. The molecule has 1 N–H and O–H groups in total. The molecule has 0 amide bonds. The second kappa shape index (κ2) is 11.2. The van der Waals surface area contributed by atoms with Gasteiger partial charge in [0.15, 0.2) is 10.7 Å². The van der Waals surface area contributed by atoms with Gasteiger partial charge in [0.05, 0.1) is 15.9 Å². The van der Waals surface area contributed by atoms with Gasteiger partial charge in [0.25, 0.3) is 0 Å². The van der Waals surface area contributed by atoms with Crippen molar-refractivity contribution in [2.45, 2.75) is 63.6 Å². The van der Waals surface area contributed by atoms with Crippen molar-refractivity contribution in [1.82, 2.24) is 19.6 Å². The Morgan fingerprint density at radius 1 is 1.08 bits per heavy atom. The van der Waals surface area contributed by atoms with Gasteiger partial charge in [-0.2, -0.15) is 0 Å². The normalized spacial score (nSPS) is 19.5. The Balaban J connectivity index is 1.11. The fraction of sp³-hybridized carbons (Fsp3) is 0.467.